The number of hydrogen-bond acceptors (Lipinski definition) is 2. The number of carbonyl (C=O) groups is 1. The topological polar surface area (TPSA) is 32.3 Å². The second kappa shape index (κ2) is 5.96. The average Bonchev–Trinajstić information content (AvgIpc) is 2.35. The minimum Gasteiger partial charge on any atom is -0.325 e. The van der Waals surface area contributed by atoms with Gasteiger partial charge in [0.1, 0.15) is 5.82 Å². The van der Waals surface area contributed by atoms with E-state index in [-0.39, 0.29) is 11.7 Å². The summed E-state index contributed by atoms with van der Waals surface area (Å²) in [4.78, 5) is 14.1. The second-order valence-electron chi connectivity index (χ2n) is 4.87. The highest BCUT2D eigenvalue weighted by atomic mass is 19.1. The highest BCUT2D eigenvalue weighted by Gasteiger charge is 2.20. The van der Waals surface area contributed by atoms with Gasteiger partial charge in [0, 0.05) is 11.7 Å². The number of anilines is 1. The molecule has 18 heavy (non-hydrogen) atoms. The summed E-state index contributed by atoms with van der Waals surface area (Å²) in [5, 5.41) is 2.79. The van der Waals surface area contributed by atoms with Crippen LogP contribution in [0.5, 0.6) is 0 Å². The molecule has 0 aromatic heterocycles. The van der Waals surface area contributed by atoms with Crippen molar-refractivity contribution in [3.05, 3.63) is 30.1 Å². The normalized spacial score (nSPS) is 20.7. The Labute approximate surface area is 107 Å². The number of amides is 1. The fourth-order valence-electron chi connectivity index (χ4n) is 2.31. The fraction of sp³-hybridized carbons (Fsp3) is 0.500. The first kappa shape index (κ1) is 13.0. The van der Waals surface area contributed by atoms with Gasteiger partial charge in [0.05, 0.1) is 6.54 Å². The molecule has 0 spiro atoms. The van der Waals surface area contributed by atoms with Crippen molar-refractivity contribution in [2.45, 2.75) is 32.2 Å². The molecule has 1 atom stereocenters. The van der Waals surface area contributed by atoms with Crippen LogP contribution in [0.2, 0.25) is 0 Å². The van der Waals surface area contributed by atoms with E-state index in [2.05, 4.69) is 17.1 Å². The molecular weight excluding hydrogens is 231 g/mol. The molecule has 1 amide bonds. The van der Waals surface area contributed by atoms with E-state index >= 15 is 0 Å². The average molecular weight is 250 g/mol. The summed E-state index contributed by atoms with van der Waals surface area (Å²) < 4.78 is 12.7. The molecular formula is C14H19FN2O. The van der Waals surface area contributed by atoms with Gasteiger partial charge >= 0.3 is 0 Å². The van der Waals surface area contributed by atoms with Gasteiger partial charge in [0.15, 0.2) is 0 Å². The van der Waals surface area contributed by atoms with E-state index in [1.807, 2.05) is 0 Å². The SMILES string of the molecule is C[C@@H]1CCCCN1CC(=O)Nc1ccc(F)cc1. The summed E-state index contributed by atoms with van der Waals surface area (Å²) in [7, 11) is 0. The molecule has 1 aliphatic heterocycles. The summed E-state index contributed by atoms with van der Waals surface area (Å²) in [5.41, 5.74) is 0.645. The molecule has 3 nitrogen and oxygen atoms in total. The number of halogens is 1. The van der Waals surface area contributed by atoms with Crippen LogP contribution in [0.1, 0.15) is 26.2 Å². The van der Waals surface area contributed by atoms with Crippen LogP contribution in [-0.4, -0.2) is 29.9 Å². The Morgan fingerprint density at radius 3 is 2.78 bits per heavy atom. The minimum atomic E-state index is -0.294. The Bertz CT molecular complexity index is 405. The van der Waals surface area contributed by atoms with Gasteiger partial charge < -0.3 is 5.32 Å². The second-order valence-corrected chi connectivity index (χ2v) is 4.87. The maximum absolute atomic E-state index is 12.7. The molecule has 0 aliphatic carbocycles. The Hall–Kier alpha value is -1.42. The number of rotatable bonds is 3. The molecule has 1 heterocycles. The lowest BCUT2D eigenvalue weighted by Gasteiger charge is -2.32. The summed E-state index contributed by atoms with van der Waals surface area (Å²) in [6.45, 7) is 3.56. The molecule has 1 aliphatic rings. The maximum atomic E-state index is 12.7. The maximum Gasteiger partial charge on any atom is 0.238 e. The first-order chi connectivity index (χ1) is 8.65. The van der Waals surface area contributed by atoms with Gasteiger partial charge in [-0.3, -0.25) is 9.69 Å². The van der Waals surface area contributed by atoms with E-state index in [9.17, 15) is 9.18 Å². The number of carbonyl (C=O) groups excluding carboxylic acids is 1. The van der Waals surface area contributed by atoms with Gasteiger partial charge in [0.2, 0.25) is 5.91 Å². The number of nitrogens with zero attached hydrogens (tertiary/aromatic N) is 1. The molecule has 1 aromatic rings. The number of nitrogens with one attached hydrogen (secondary N) is 1. The van der Waals surface area contributed by atoms with Crippen molar-refractivity contribution in [3.63, 3.8) is 0 Å². The standard InChI is InChI=1S/C14H19FN2O/c1-11-4-2-3-9-17(11)10-14(18)16-13-7-5-12(15)6-8-13/h5-8,11H,2-4,9-10H2,1H3,(H,16,18)/t11-/m1/s1. The molecule has 0 saturated carbocycles. The zero-order valence-corrected chi connectivity index (χ0v) is 10.7. The highest BCUT2D eigenvalue weighted by molar-refractivity contribution is 5.92. The van der Waals surface area contributed by atoms with Crippen LogP contribution in [0.25, 0.3) is 0 Å². The number of hydrogen-bond donors (Lipinski definition) is 1. The molecule has 98 valence electrons. The quantitative estimate of drug-likeness (QED) is 0.894. The largest absolute Gasteiger partial charge is 0.325 e. The predicted octanol–water partition coefficient (Wildman–Crippen LogP) is 2.64. The molecule has 0 radical (unpaired) electrons. The monoisotopic (exact) mass is 250 g/mol. The van der Waals surface area contributed by atoms with Gasteiger partial charge in [0.25, 0.3) is 0 Å². The van der Waals surface area contributed by atoms with Crippen molar-refractivity contribution in [2.75, 3.05) is 18.4 Å². The smallest absolute Gasteiger partial charge is 0.238 e. The van der Waals surface area contributed by atoms with Crippen molar-refractivity contribution in [3.8, 4) is 0 Å². The lowest BCUT2D eigenvalue weighted by atomic mass is 10.0. The summed E-state index contributed by atoms with van der Waals surface area (Å²) in [6, 6.07) is 6.32. The van der Waals surface area contributed by atoms with E-state index in [0.717, 1.165) is 19.4 Å². The molecule has 4 heteroatoms. The van der Waals surface area contributed by atoms with Crippen LogP contribution in [0, 0.1) is 5.82 Å². The van der Waals surface area contributed by atoms with E-state index in [0.29, 0.717) is 18.3 Å². The Morgan fingerprint density at radius 1 is 1.39 bits per heavy atom. The van der Waals surface area contributed by atoms with Gasteiger partial charge in [-0.1, -0.05) is 6.42 Å². The molecule has 2 rings (SSSR count). The molecule has 1 fully saturated rings. The number of likely N-dealkylation sites (tertiary alicyclic amines) is 1. The van der Waals surface area contributed by atoms with Crippen molar-refractivity contribution >= 4 is 11.6 Å². The number of piperidine rings is 1. The van der Waals surface area contributed by atoms with Gasteiger partial charge in [-0.15, -0.1) is 0 Å². The van der Waals surface area contributed by atoms with Crippen LogP contribution < -0.4 is 5.32 Å². The first-order valence-corrected chi connectivity index (χ1v) is 6.44. The lowest BCUT2D eigenvalue weighted by Crippen LogP contribution is -2.42. The summed E-state index contributed by atoms with van der Waals surface area (Å²) in [6.07, 6.45) is 3.56. The van der Waals surface area contributed by atoms with Crippen LogP contribution >= 0.6 is 0 Å². The Kier molecular flexibility index (Phi) is 4.31. The van der Waals surface area contributed by atoms with Crippen molar-refractivity contribution in [1.29, 1.82) is 0 Å². The van der Waals surface area contributed by atoms with Gasteiger partial charge in [-0.05, 0) is 50.6 Å². The summed E-state index contributed by atoms with van der Waals surface area (Å²) >= 11 is 0. The van der Waals surface area contributed by atoms with Crippen LogP contribution in [0.15, 0.2) is 24.3 Å². The first-order valence-electron chi connectivity index (χ1n) is 6.44. The predicted molar refractivity (Wildman–Crippen MR) is 69.9 cm³/mol. The van der Waals surface area contributed by atoms with Crippen molar-refractivity contribution in [2.24, 2.45) is 0 Å². The van der Waals surface area contributed by atoms with Crippen LogP contribution in [-0.2, 0) is 4.79 Å². The third-order valence-corrected chi connectivity index (χ3v) is 3.42. The molecule has 1 N–H and O–H groups in total. The zero-order chi connectivity index (χ0) is 13.0. The molecule has 1 saturated heterocycles. The van der Waals surface area contributed by atoms with E-state index in [1.165, 1.54) is 18.6 Å². The van der Waals surface area contributed by atoms with E-state index in [1.54, 1.807) is 12.1 Å². The molecule has 1 aromatic carbocycles. The Balaban J connectivity index is 1.86. The number of benzene rings is 1. The minimum absolute atomic E-state index is 0.0321. The van der Waals surface area contributed by atoms with Crippen molar-refractivity contribution < 1.29 is 9.18 Å². The summed E-state index contributed by atoms with van der Waals surface area (Å²) in [5.74, 6) is -0.326. The van der Waals surface area contributed by atoms with Gasteiger partial charge in [-0.2, -0.15) is 0 Å². The van der Waals surface area contributed by atoms with E-state index in [4.69, 9.17) is 0 Å². The Morgan fingerprint density at radius 2 is 2.11 bits per heavy atom. The molecule has 0 unspecified atom stereocenters. The fourth-order valence-corrected chi connectivity index (χ4v) is 2.31. The highest BCUT2D eigenvalue weighted by Crippen LogP contribution is 2.16. The van der Waals surface area contributed by atoms with Gasteiger partial charge in [-0.25, -0.2) is 4.39 Å². The zero-order valence-electron chi connectivity index (χ0n) is 10.7. The van der Waals surface area contributed by atoms with Crippen molar-refractivity contribution in [1.82, 2.24) is 4.90 Å². The van der Waals surface area contributed by atoms with Crippen LogP contribution in [0.4, 0.5) is 10.1 Å². The van der Waals surface area contributed by atoms with E-state index < -0.39 is 0 Å². The molecule has 0 bridgehead atoms. The third-order valence-electron chi connectivity index (χ3n) is 3.42. The lowest BCUT2D eigenvalue weighted by molar-refractivity contribution is -0.118. The third kappa shape index (κ3) is 3.53. The van der Waals surface area contributed by atoms with Crippen LogP contribution in [0.3, 0.4) is 0 Å².